The third-order valence-electron chi connectivity index (χ3n) is 5.15. The fourth-order valence-corrected chi connectivity index (χ4v) is 4.43. The van der Waals surface area contributed by atoms with Crippen molar-refractivity contribution in [2.24, 2.45) is 5.92 Å². The Morgan fingerprint density at radius 2 is 1.83 bits per heavy atom. The molecule has 0 saturated heterocycles. The molecule has 2 heterocycles. The molecule has 0 aliphatic heterocycles. The molecule has 10 heteroatoms. The monoisotopic (exact) mass is 439 g/mol. The van der Waals surface area contributed by atoms with E-state index in [9.17, 15) is 21.6 Å². The van der Waals surface area contributed by atoms with Crippen molar-refractivity contribution in [3.8, 4) is 0 Å². The molecule has 1 unspecified atom stereocenters. The summed E-state index contributed by atoms with van der Waals surface area (Å²) in [7, 11) is -4.25. The fourth-order valence-electron chi connectivity index (χ4n) is 3.37. The standard InChI is InChI=1S/C20H20F3N3O3S/c1-12-3-7-15(8-4-12)30(27,28)29-13(2)16-9-10-26-17(11-14-5-6-14)24-25-19(26)18(16)20(21,22)23/h3-4,7-10,13-14H,5-6,11H2,1-2H3. The van der Waals surface area contributed by atoms with Gasteiger partial charge >= 0.3 is 6.18 Å². The van der Waals surface area contributed by atoms with Gasteiger partial charge in [0.25, 0.3) is 10.1 Å². The summed E-state index contributed by atoms with van der Waals surface area (Å²) >= 11 is 0. The minimum Gasteiger partial charge on any atom is -0.286 e. The summed E-state index contributed by atoms with van der Waals surface area (Å²) in [6, 6.07) is 7.12. The number of rotatable bonds is 6. The Labute approximate surface area is 171 Å². The van der Waals surface area contributed by atoms with E-state index < -0.39 is 28.0 Å². The Bertz CT molecular complexity index is 1180. The molecule has 1 atom stereocenters. The first-order chi connectivity index (χ1) is 14.1. The smallest absolute Gasteiger partial charge is 0.286 e. The molecule has 0 N–H and O–H groups in total. The van der Waals surface area contributed by atoms with Crippen LogP contribution in [0.2, 0.25) is 0 Å². The highest BCUT2D eigenvalue weighted by Crippen LogP contribution is 2.39. The summed E-state index contributed by atoms with van der Waals surface area (Å²) in [5.41, 5.74) is -0.846. The Kier molecular flexibility index (Phi) is 5.09. The maximum Gasteiger partial charge on any atom is 0.420 e. The molecular weight excluding hydrogens is 419 g/mol. The second-order valence-electron chi connectivity index (χ2n) is 7.61. The Hall–Kier alpha value is -2.46. The van der Waals surface area contributed by atoms with Crippen LogP contribution in [0.1, 0.15) is 48.4 Å². The van der Waals surface area contributed by atoms with Crippen LogP contribution in [0.4, 0.5) is 13.2 Å². The van der Waals surface area contributed by atoms with Gasteiger partial charge in [0.15, 0.2) is 5.65 Å². The molecule has 1 aliphatic rings. The normalized spacial score (nSPS) is 16.2. The van der Waals surface area contributed by atoms with Crippen molar-refractivity contribution >= 4 is 15.8 Å². The van der Waals surface area contributed by atoms with Gasteiger partial charge < -0.3 is 0 Å². The first-order valence-electron chi connectivity index (χ1n) is 9.50. The molecular formula is C20H20F3N3O3S. The van der Waals surface area contributed by atoms with Crippen molar-refractivity contribution in [2.45, 2.75) is 50.3 Å². The van der Waals surface area contributed by atoms with E-state index in [1.54, 1.807) is 19.1 Å². The van der Waals surface area contributed by atoms with Crippen LogP contribution in [0.3, 0.4) is 0 Å². The predicted octanol–water partition coefficient (Wildman–Crippen LogP) is 4.48. The molecule has 0 radical (unpaired) electrons. The van der Waals surface area contributed by atoms with Gasteiger partial charge in [-0.3, -0.25) is 8.58 Å². The highest BCUT2D eigenvalue weighted by molar-refractivity contribution is 7.86. The van der Waals surface area contributed by atoms with Gasteiger partial charge in [0.2, 0.25) is 0 Å². The predicted molar refractivity (Wildman–Crippen MR) is 102 cm³/mol. The van der Waals surface area contributed by atoms with Crippen molar-refractivity contribution in [1.82, 2.24) is 14.6 Å². The van der Waals surface area contributed by atoms with Crippen LogP contribution in [-0.4, -0.2) is 23.0 Å². The van der Waals surface area contributed by atoms with Gasteiger partial charge in [-0.15, -0.1) is 10.2 Å². The molecule has 1 fully saturated rings. The molecule has 1 aromatic carbocycles. The van der Waals surface area contributed by atoms with E-state index in [2.05, 4.69) is 10.2 Å². The molecule has 2 aromatic heterocycles. The zero-order valence-corrected chi connectivity index (χ0v) is 17.2. The SMILES string of the molecule is Cc1ccc(S(=O)(=O)OC(C)c2ccn3c(CC4CC4)nnc3c2C(F)(F)F)cc1. The lowest BCUT2D eigenvalue weighted by atomic mass is 10.0. The lowest BCUT2D eigenvalue weighted by Gasteiger charge is -2.19. The summed E-state index contributed by atoms with van der Waals surface area (Å²) in [6.45, 7) is 3.06. The number of pyridine rings is 1. The number of nitrogens with zero attached hydrogens (tertiary/aromatic N) is 3. The van der Waals surface area contributed by atoms with Crippen LogP contribution in [0.5, 0.6) is 0 Å². The molecule has 0 bridgehead atoms. The van der Waals surface area contributed by atoms with Gasteiger partial charge in [0.1, 0.15) is 17.5 Å². The quantitative estimate of drug-likeness (QED) is 0.530. The molecule has 0 amide bonds. The van der Waals surface area contributed by atoms with Gasteiger partial charge in [0, 0.05) is 12.6 Å². The van der Waals surface area contributed by atoms with Gasteiger partial charge in [-0.05, 0) is 56.4 Å². The number of aryl methyl sites for hydroxylation is 1. The van der Waals surface area contributed by atoms with Crippen LogP contribution >= 0.6 is 0 Å². The maximum absolute atomic E-state index is 13.9. The molecule has 0 spiro atoms. The molecule has 1 saturated carbocycles. The zero-order chi connectivity index (χ0) is 21.7. The minimum absolute atomic E-state index is 0.121. The Balaban J connectivity index is 1.72. The second-order valence-corrected chi connectivity index (χ2v) is 9.18. The molecule has 4 rings (SSSR count). The summed E-state index contributed by atoms with van der Waals surface area (Å²) in [4.78, 5) is -0.121. The van der Waals surface area contributed by atoms with E-state index >= 15 is 0 Å². The lowest BCUT2D eigenvalue weighted by Crippen LogP contribution is -2.17. The van der Waals surface area contributed by atoms with E-state index in [0.29, 0.717) is 18.2 Å². The summed E-state index contributed by atoms with van der Waals surface area (Å²) in [5, 5.41) is 7.70. The summed E-state index contributed by atoms with van der Waals surface area (Å²) in [5.74, 6) is 0.888. The number of hydrogen-bond acceptors (Lipinski definition) is 5. The van der Waals surface area contributed by atoms with Gasteiger partial charge in [-0.2, -0.15) is 21.6 Å². The lowest BCUT2D eigenvalue weighted by molar-refractivity contribution is -0.138. The molecule has 3 aromatic rings. The molecule has 160 valence electrons. The summed E-state index contributed by atoms with van der Waals surface area (Å²) in [6.07, 6.45) is -2.07. The molecule has 6 nitrogen and oxygen atoms in total. The van der Waals surface area contributed by atoms with Crippen LogP contribution in [-0.2, 0) is 26.9 Å². The van der Waals surface area contributed by atoms with E-state index in [-0.39, 0.29) is 16.1 Å². The largest absolute Gasteiger partial charge is 0.420 e. The third kappa shape index (κ3) is 4.06. The van der Waals surface area contributed by atoms with E-state index in [0.717, 1.165) is 18.4 Å². The minimum atomic E-state index is -4.76. The number of alkyl halides is 3. The number of halogens is 3. The van der Waals surface area contributed by atoms with Crippen LogP contribution in [0.15, 0.2) is 41.4 Å². The van der Waals surface area contributed by atoms with Crippen LogP contribution < -0.4 is 0 Å². The van der Waals surface area contributed by atoms with Crippen LogP contribution in [0, 0.1) is 12.8 Å². The average molecular weight is 439 g/mol. The highest BCUT2D eigenvalue weighted by Gasteiger charge is 2.40. The Morgan fingerprint density at radius 3 is 2.43 bits per heavy atom. The van der Waals surface area contributed by atoms with Crippen molar-refractivity contribution < 1.29 is 25.8 Å². The molecule has 1 aliphatic carbocycles. The van der Waals surface area contributed by atoms with E-state index in [1.165, 1.54) is 35.7 Å². The molecule has 30 heavy (non-hydrogen) atoms. The number of benzene rings is 1. The number of fused-ring (bicyclic) bond motifs is 1. The maximum atomic E-state index is 13.9. The van der Waals surface area contributed by atoms with Crippen molar-refractivity contribution in [1.29, 1.82) is 0 Å². The van der Waals surface area contributed by atoms with E-state index in [4.69, 9.17) is 4.18 Å². The van der Waals surface area contributed by atoms with E-state index in [1.807, 2.05) is 0 Å². The van der Waals surface area contributed by atoms with Gasteiger partial charge in [-0.1, -0.05) is 17.7 Å². The van der Waals surface area contributed by atoms with Crippen LogP contribution in [0.25, 0.3) is 5.65 Å². The van der Waals surface area contributed by atoms with Gasteiger partial charge in [-0.25, -0.2) is 0 Å². The number of aromatic nitrogens is 3. The van der Waals surface area contributed by atoms with Gasteiger partial charge in [0.05, 0.1) is 4.90 Å². The van der Waals surface area contributed by atoms with Crippen molar-refractivity contribution in [3.05, 3.63) is 59.0 Å². The number of hydrogen-bond donors (Lipinski definition) is 0. The average Bonchev–Trinajstić information content (AvgIpc) is 3.39. The first kappa shape index (κ1) is 20.8. The highest BCUT2D eigenvalue weighted by atomic mass is 32.2. The van der Waals surface area contributed by atoms with Crippen molar-refractivity contribution in [3.63, 3.8) is 0 Å². The Morgan fingerprint density at radius 1 is 1.17 bits per heavy atom. The zero-order valence-electron chi connectivity index (χ0n) is 16.3. The first-order valence-corrected chi connectivity index (χ1v) is 10.9. The topological polar surface area (TPSA) is 73.6 Å². The fraction of sp³-hybridized carbons (Fsp3) is 0.400. The third-order valence-corrected chi connectivity index (χ3v) is 6.54. The second kappa shape index (κ2) is 7.35. The summed E-state index contributed by atoms with van der Waals surface area (Å²) < 4.78 is 73.4. The van der Waals surface area contributed by atoms with Crippen molar-refractivity contribution in [2.75, 3.05) is 0 Å².